The van der Waals surface area contributed by atoms with Gasteiger partial charge in [0.2, 0.25) is 5.91 Å². The van der Waals surface area contributed by atoms with Gasteiger partial charge in [-0.3, -0.25) is 19.8 Å². The molecule has 0 aromatic heterocycles. The number of likely N-dealkylation sites (N-methyl/N-ethyl adjacent to an activating group) is 3. The molecule has 8 nitrogen and oxygen atoms in total. The monoisotopic (exact) mass is 593 g/mol. The van der Waals surface area contributed by atoms with E-state index in [4.69, 9.17) is 0 Å². The highest BCUT2D eigenvalue weighted by Crippen LogP contribution is 2.21. The van der Waals surface area contributed by atoms with Crippen LogP contribution in [-0.4, -0.2) is 86.4 Å². The van der Waals surface area contributed by atoms with E-state index in [1.165, 1.54) is 9.80 Å². The summed E-state index contributed by atoms with van der Waals surface area (Å²) in [5, 5.41) is 6.87. The summed E-state index contributed by atoms with van der Waals surface area (Å²) in [4.78, 5) is 44.8. The topological polar surface area (TPSA) is 85.0 Å². The minimum Gasteiger partial charge on any atom is -0.332 e. The standard InChI is InChI=1S/C36H43N5O3/c1-37-21-20-27-14-11-17-31(22-27)35(43)41(5)33(25-28-18-19-29-15-9-10-16-30(29)23-28)36(44)40(4)32(34(42)38-39(2)3)24-26-12-7-6-8-13-26/h6-19,22-23,32-33,37H,20-21,24-25H2,1-5H3,(H,38,42)/t32-,33-/m1/s1. The number of carbonyl (C=O) groups is 3. The Morgan fingerprint density at radius 2 is 1.32 bits per heavy atom. The molecule has 4 rings (SSSR count). The number of rotatable bonds is 13. The Bertz CT molecular complexity index is 1570. The summed E-state index contributed by atoms with van der Waals surface area (Å²) in [6.45, 7) is 0.791. The summed E-state index contributed by atoms with van der Waals surface area (Å²) >= 11 is 0. The van der Waals surface area contributed by atoms with Gasteiger partial charge in [-0.1, -0.05) is 84.9 Å². The molecule has 2 N–H and O–H groups in total. The van der Waals surface area contributed by atoms with Gasteiger partial charge in [0, 0.05) is 46.6 Å². The lowest BCUT2D eigenvalue weighted by Gasteiger charge is -2.35. The molecule has 0 aliphatic heterocycles. The van der Waals surface area contributed by atoms with Gasteiger partial charge in [-0.25, -0.2) is 5.01 Å². The van der Waals surface area contributed by atoms with Gasteiger partial charge < -0.3 is 15.1 Å². The molecular weight excluding hydrogens is 550 g/mol. The first-order valence-electron chi connectivity index (χ1n) is 14.9. The summed E-state index contributed by atoms with van der Waals surface area (Å²) in [7, 11) is 8.69. The summed E-state index contributed by atoms with van der Waals surface area (Å²) in [6, 6.07) is 29.7. The summed E-state index contributed by atoms with van der Waals surface area (Å²) in [5.74, 6) is -0.859. The van der Waals surface area contributed by atoms with Crippen LogP contribution in [0.25, 0.3) is 10.8 Å². The molecule has 0 fully saturated rings. The molecule has 230 valence electrons. The van der Waals surface area contributed by atoms with Crippen LogP contribution >= 0.6 is 0 Å². The van der Waals surface area contributed by atoms with Crippen LogP contribution in [0.3, 0.4) is 0 Å². The number of hydrazine groups is 1. The van der Waals surface area contributed by atoms with Gasteiger partial charge >= 0.3 is 0 Å². The van der Waals surface area contributed by atoms with Crippen LogP contribution in [0, 0.1) is 0 Å². The van der Waals surface area contributed by atoms with Gasteiger partial charge in [0.25, 0.3) is 11.8 Å². The van der Waals surface area contributed by atoms with Crippen molar-refractivity contribution < 1.29 is 14.4 Å². The number of amides is 3. The first kappa shape index (κ1) is 32.4. The van der Waals surface area contributed by atoms with Gasteiger partial charge in [0.15, 0.2) is 0 Å². The van der Waals surface area contributed by atoms with E-state index in [0.717, 1.165) is 40.4 Å². The fourth-order valence-electron chi connectivity index (χ4n) is 5.38. The molecule has 0 heterocycles. The molecule has 4 aromatic carbocycles. The van der Waals surface area contributed by atoms with E-state index in [1.54, 1.807) is 39.3 Å². The molecule has 8 heteroatoms. The van der Waals surface area contributed by atoms with Gasteiger partial charge in [-0.05, 0) is 59.6 Å². The van der Waals surface area contributed by atoms with E-state index >= 15 is 0 Å². The third kappa shape index (κ3) is 8.30. The Labute approximate surface area is 260 Å². The van der Waals surface area contributed by atoms with Crippen LogP contribution < -0.4 is 10.7 Å². The third-order valence-corrected chi connectivity index (χ3v) is 7.88. The van der Waals surface area contributed by atoms with Crippen LogP contribution in [0.1, 0.15) is 27.0 Å². The number of nitrogens with one attached hydrogen (secondary N) is 2. The second-order valence-electron chi connectivity index (χ2n) is 11.4. The quantitative estimate of drug-likeness (QED) is 0.230. The van der Waals surface area contributed by atoms with Gasteiger partial charge in [-0.2, -0.15) is 0 Å². The lowest BCUT2D eigenvalue weighted by Crippen LogP contribution is -2.57. The van der Waals surface area contributed by atoms with Crippen molar-refractivity contribution in [1.29, 1.82) is 0 Å². The predicted molar refractivity (Wildman–Crippen MR) is 176 cm³/mol. The van der Waals surface area contributed by atoms with E-state index in [9.17, 15) is 14.4 Å². The molecule has 3 amide bonds. The zero-order chi connectivity index (χ0) is 31.6. The molecule has 0 radical (unpaired) electrons. The highest BCUT2D eigenvalue weighted by atomic mass is 16.2. The lowest BCUT2D eigenvalue weighted by atomic mass is 9.98. The number of carbonyl (C=O) groups excluding carboxylic acids is 3. The fourth-order valence-corrected chi connectivity index (χ4v) is 5.38. The summed E-state index contributed by atoms with van der Waals surface area (Å²) in [5.41, 5.74) is 6.24. The van der Waals surface area contributed by atoms with Gasteiger partial charge in [-0.15, -0.1) is 0 Å². The van der Waals surface area contributed by atoms with Crippen molar-refractivity contribution in [3.05, 3.63) is 119 Å². The predicted octanol–water partition coefficient (Wildman–Crippen LogP) is 3.95. The Balaban J connectivity index is 1.69. The maximum absolute atomic E-state index is 14.4. The number of fused-ring (bicyclic) bond motifs is 1. The molecule has 2 atom stereocenters. The number of hydrogen-bond acceptors (Lipinski definition) is 5. The van der Waals surface area contributed by atoms with Crippen LogP contribution in [0.5, 0.6) is 0 Å². The van der Waals surface area contributed by atoms with Crippen molar-refractivity contribution in [2.24, 2.45) is 0 Å². The SMILES string of the molecule is CNCCc1cccc(C(=O)N(C)[C@H](Cc2ccc3ccccc3c2)C(=O)N(C)[C@H](Cc2ccccc2)C(=O)NN(C)C)c1. The summed E-state index contributed by atoms with van der Waals surface area (Å²) in [6.07, 6.45) is 1.41. The normalized spacial score (nSPS) is 12.5. The molecule has 0 saturated carbocycles. The molecule has 0 aliphatic rings. The highest BCUT2D eigenvalue weighted by Gasteiger charge is 2.35. The molecule has 0 saturated heterocycles. The second-order valence-corrected chi connectivity index (χ2v) is 11.4. The smallest absolute Gasteiger partial charge is 0.257 e. The van der Waals surface area contributed by atoms with Crippen LogP contribution in [-0.2, 0) is 28.9 Å². The third-order valence-electron chi connectivity index (χ3n) is 7.88. The van der Waals surface area contributed by atoms with E-state index in [-0.39, 0.29) is 17.7 Å². The van der Waals surface area contributed by atoms with E-state index in [2.05, 4.69) is 16.8 Å². The van der Waals surface area contributed by atoms with Crippen molar-refractivity contribution in [1.82, 2.24) is 25.6 Å². The first-order valence-corrected chi connectivity index (χ1v) is 14.9. The number of benzene rings is 4. The van der Waals surface area contributed by atoms with Crippen molar-refractivity contribution in [2.75, 3.05) is 41.8 Å². The van der Waals surface area contributed by atoms with Gasteiger partial charge in [0.05, 0.1) is 0 Å². The van der Waals surface area contributed by atoms with E-state index in [0.29, 0.717) is 18.4 Å². The first-order chi connectivity index (χ1) is 21.2. The maximum Gasteiger partial charge on any atom is 0.257 e. The van der Waals surface area contributed by atoms with E-state index < -0.39 is 12.1 Å². The molecule has 44 heavy (non-hydrogen) atoms. The minimum absolute atomic E-state index is 0.249. The highest BCUT2D eigenvalue weighted by molar-refractivity contribution is 5.98. The molecule has 4 aromatic rings. The van der Waals surface area contributed by atoms with Crippen LogP contribution in [0.4, 0.5) is 0 Å². The molecule has 0 aliphatic carbocycles. The zero-order valence-electron chi connectivity index (χ0n) is 26.3. The maximum atomic E-state index is 14.4. The van der Waals surface area contributed by atoms with Crippen LogP contribution in [0.2, 0.25) is 0 Å². The minimum atomic E-state index is -0.847. The number of nitrogens with zero attached hydrogens (tertiary/aromatic N) is 3. The average Bonchev–Trinajstić information content (AvgIpc) is 3.04. The second kappa shape index (κ2) is 15.3. The molecular formula is C36H43N5O3. The Morgan fingerprint density at radius 3 is 2.02 bits per heavy atom. The number of hydrogen-bond donors (Lipinski definition) is 2. The molecule has 0 bridgehead atoms. The Hall–Kier alpha value is -4.53. The summed E-state index contributed by atoms with van der Waals surface area (Å²) < 4.78 is 0. The lowest BCUT2D eigenvalue weighted by molar-refractivity contribution is -0.143. The molecule has 0 spiro atoms. The fraction of sp³-hybridized carbons (Fsp3) is 0.306. The zero-order valence-corrected chi connectivity index (χ0v) is 26.3. The Kier molecular flexibility index (Phi) is 11.2. The Morgan fingerprint density at radius 1 is 0.659 bits per heavy atom. The average molecular weight is 594 g/mol. The van der Waals surface area contributed by atoms with Crippen molar-refractivity contribution in [3.8, 4) is 0 Å². The largest absolute Gasteiger partial charge is 0.332 e. The van der Waals surface area contributed by atoms with Crippen molar-refractivity contribution >= 4 is 28.5 Å². The van der Waals surface area contributed by atoms with Crippen molar-refractivity contribution in [3.63, 3.8) is 0 Å². The molecule has 0 unspecified atom stereocenters. The van der Waals surface area contributed by atoms with E-state index in [1.807, 2.05) is 92.0 Å². The van der Waals surface area contributed by atoms with Crippen LogP contribution in [0.15, 0.2) is 97.1 Å². The van der Waals surface area contributed by atoms with Gasteiger partial charge in [0.1, 0.15) is 12.1 Å². The van der Waals surface area contributed by atoms with Crippen molar-refractivity contribution in [2.45, 2.75) is 31.3 Å².